The average Bonchev–Trinajstić information content (AvgIpc) is 2.57. The molecule has 5 heteroatoms. The molecule has 0 fully saturated rings. The van der Waals surface area contributed by atoms with Crippen molar-refractivity contribution in [3.8, 4) is 11.5 Å². The lowest BCUT2D eigenvalue weighted by molar-refractivity contribution is -0.136. The van der Waals surface area contributed by atoms with Gasteiger partial charge < -0.3 is 19.9 Å². The Kier molecular flexibility index (Phi) is 5.63. The lowest BCUT2D eigenvalue weighted by atomic mass is 10.1. The number of methoxy groups -OCH3 is 1. The van der Waals surface area contributed by atoms with Crippen molar-refractivity contribution in [2.75, 3.05) is 19.0 Å². The maximum absolute atomic E-state index is 12.2. The molecule has 2 N–H and O–H groups in total. The van der Waals surface area contributed by atoms with E-state index in [-0.39, 0.29) is 5.75 Å². The molecule has 0 aliphatic rings. The summed E-state index contributed by atoms with van der Waals surface area (Å²) in [6.07, 6.45) is 1.59. The van der Waals surface area contributed by atoms with E-state index in [4.69, 9.17) is 9.47 Å². The Morgan fingerprint density at radius 3 is 2.35 bits per heavy atom. The Balaban J connectivity index is 2.26. The number of hydrogen-bond acceptors (Lipinski definition) is 5. The minimum absolute atomic E-state index is 0.181. The van der Waals surface area contributed by atoms with Crippen LogP contribution in [0, 0.1) is 0 Å². The summed E-state index contributed by atoms with van der Waals surface area (Å²) >= 11 is 0. The van der Waals surface area contributed by atoms with Crippen molar-refractivity contribution < 1.29 is 19.4 Å². The standard InChI is InChI=1S/C18H19NO4/c1-3-23-18(21)17(13-4-10-16(22-2)11-5-13)12-19-14-6-8-15(20)9-7-14/h4-12,19-20H,3H2,1-2H3/b17-12-. The molecule has 2 aromatic carbocycles. The minimum atomic E-state index is -0.413. The second-order valence-electron chi connectivity index (χ2n) is 4.70. The first-order chi connectivity index (χ1) is 11.1. The fourth-order valence-corrected chi connectivity index (χ4v) is 1.95. The van der Waals surface area contributed by atoms with Gasteiger partial charge >= 0.3 is 5.97 Å². The van der Waals surface area contributed by atoms with Crippen LogP contribution in [-0.4, -0.2) is 24.8 Å². The van der Waals surface area contributed by atoms with Gasteiger partial charge in [-0.05, 0) is 48.9 Å². The third-order valence-electron chi connectivity index (χ3n) is 3.15. The molecule has 0 aromatic heterocycles. The number of rotatable bonds is 6. The van der Waals surface area contributed by atoms with Crippen molar-refractivity contribution in [1.29, 1.82) is 0 Å². The predicted octanol–water partition coefficient (Wildman–Crippen LogP) is 3.42. The third-order valence-corrected chi connectivity index (χ3v) is 3.15. The lowest BCUT2D eigenvalue weighted by Gasteiger charge is -2.09. The molecule has 0 amide bonds. The van der Waals surface area contributed by atoms with Crippen molar-refractivity contribution in [1.82, 2.24) is 0 Å². The maximum Gasteiger partial charge on any atom is 0.340 e. The predicted molar refractivity (Wildman–Crippen MR) is 89.3 cm³/mol. The summed E-state index contributed by atoms with van der Waals surface area (Å²) in [6.45, 7) is 2.06. The van der Waals surface area contributed by atoms with Crippen molar-refractivity contribution in [3.63, 3.8) is 0 Å². The van der Waals surface area contributed by atoms with Crippen LogP contribution >= 0.6 is 0 Å². The Morgan fingerprint density at radius 1 is 1.13 bits per heavy atom. The summed E-state index contributed by atoms with van der Waals surface area (Å²) in [4.78, 5) is 12.2. The van der Waals surface area contributed by atoms with Crippen LogP contribution in [-0.2, 0) is 9.53 Å². The van der Waals surface area contributed by atoms with E-state index < -0.39 is 5.97 Å². The number of benzene rings is 2. The molecule has 0 aliphatic carbocycles. The number of hydrogen-bond donors (Lipinski definition) is 2. The van der Waals surface area contributed by atoms with E-state index in [0.29, 0.717) is 17.9 Å². The molecule has 0 unspecified atom stereocenters. The highest BCUT2D eigenvalue weighted by atomic mass is 16.5. The highest BCUT2D eigenvalue weighted by Crippen LogP contribution is 2.21. The van der Waals surface area contributed by atoms with Crippen molar-refractivity contribution in [2.24, 2.45) is 0 Å². The van der Waals surface area contributed by atoms with Crippen molar-refractivity contribution >= 4 is 17.2 Å². The monoisotopic (exact) mass is 313 g/mol. The van der Waals surface area contributed by atoms with Gasteiger partial charge in [0.05, 0.1) is 19.3 Å². The molecule has 0 aliphatic heterocycles. The number of nitrogens with one attached hydrogen (secondary N) is 1. The zero-order chi connectivity index (χ0) is 16.7. The molecular formula is C18H19NO4. The van der Waals surface area contributed by atoms with Crippen LogP contribution in [0.4, 0.5) is 5.69 Å². The van der Waals surface area contributed by atoms with Gasteiger partial charge in [-0.25, -0.2) is 4.79 Å². The van der Waals surface area contributed by atoms with Gasteiger partial charge in [-0.2, -0.15) is 0 Å². The first-order valence-electron chi connectivity index (χ1n) is 7.21. The number of phenolic OH excluding ortho intramolecular Hbond substituents is 1. The zero-order valence-electron chi connectivity index (χ0n) is 13.1. The summed E-state index contributed by atoms with van der Waals surface area (Å²) in [5.74, 6) is 0.479. The van der Waals surface area contributed by atoms with Crippen LogP contribution in [0.2, 0.25) is 0 Å². The number of ether oxygens (including phenoxy) is 2. The van der Waals surface area contributed by atoms with Crippen LogP contribution in [0.15, 0.2) is 54.7 Å². The van der Waals surface area contributed by atoms with Crippen LogP contribution in [0.1, 0.15) is 12.5 Å². The SMILES string of the molecule is CCOC(=O)/C(=C\Nc1ccc(O)cc1)c1ccc(OC)cc1. The van der Waals surface area contributed by atoms with E-state index in [1.54, 1.807) is 68.8 Å². The van der Waals surface area contributed by atoms with Gasteiger partial charge in [-0.15, -0.1) is 0 Å². The number of aromatic hydroxyl groups is 1. The Bertz CT molecular complexity index is 675. The molecule has 2 aromatic rings. The smallest absolute Gasteiger partial charge is 0.340 e. The maximum atomic E-state index is 12.2. The normalized spacial score (nSPS) is 11.0. The second kappa shape index (κ2) is 7.89. The van der Waals surface area contributed by atoms with E-state index in [2.05, 4.69) is 5.32 Å². The van der Waals surface area contributed by atoms with Crippen molar-refractivity contribution in [3.05, 3.63) is 60.3 Å². The first kappa shape index (κ1) is 16.4. The van der Waals surface area contributed by atoms with E-state index in [9.17, 15) is 9.90 Å². The zero-order valence-corrected chi connectivity index (χ0v) is 13.1. The topological polar surface area (TPSA) is 67.8 Å². The quantitative estimate of drug-likeness (QED) is 0.486. The average molecular weight is 313 g/mol. The number of phenols is 1. The summed E-state index contributed by atoms with van der Waals surface area (Å²) < 4.78 is 10.2. The highest BCUT2D eigenvalue weighted by Gasteiger charge is 2.13. The van der Waals surface area contributed by atoms with E-state index in [1.165, 1.54) is 0 Å². The fraction of sp³-hybridized carbons (Fsp3) is 0.167. The first-order valence-corrected chi connectivity index (χ1v) is 7.21. The number of carbonyl (C=O) groups excluding carboxylic acids is 1. The van der Waals surface area contributed by atoms with Gasteiger partial charge in [0.2, 0.25) is 0 Å². The summed E-state index contributed by atoms with van der Waals surface area (Å²) in [7, 11) is 1.59. The molecule has 0 spiro atoms. The molecule has 0 radical (unpaired) electrons. The summed E-state index contributed by atoms with van der Waals surface area (Å²) in [5.41, 5.74) is 1.87. The van der Waals surface area contributed by atoms with Gasteiger partial charge in [0.15, 0.2) is 0 Å². The number of anilines is 1. The number of esters is 1. The molecule has 0 atom stereocenters. The van der Waals surface area contributed by atoms with E-state index in [0.717, 1.165) is 11.3 Å². The molecule has 0 saturated heterocycles. The Hall–Kier alpha value is -2.95. The Morgan fingerprint density at radius 2 is 1.78 bits per heavy atom. The fourth-order valence-electron chi connectivity index (χ4n) is 1.95. The van der Waals surface area contributed by atoms with Gasteiger partial charge in [0.25, 0.3) is 0 Å². The molecule has 0 saturated carbocycles. The molecule has 23 heavy (non-hydrogen) atoms. The molecule has 120 valence electrons. The highest BCUT2D eigenvalue weighted by molar-refractivity contribution is 6.16. The van der Waals surface area contributed by atoms with Crippen molar-refractivity contribution in [2.45, 2.75) is 6.92 Å². The van der Waals surface area contributed by atoms with Crippen LogP contribution in [0.25, 0.3) is 5.57 Å². The lowest BCUT2D eigenvalue weighted by Crippen LogP contribution is -2.08. The molecule has 2 rings (SSSR count). The Labute approximate surface area is 135 Å². The van der Waals surface area contributed by atoms with Gasteiger partial charge in [-0.3, -0.25) is 0 Å². The second-order valence-corrected chi connectivity index (χ2v) is 4.70. The number of carbonyl (C=O) groups is 1. The van der Waals surface area contributed by atoms with Gasteiger partial charge in [-0.1, -0.05) is 12.1 Å². The molecule has 0 bridgehead atoms. The van der Waals surface area contributed by atoms with Crippen LogP contribution < -0.4 is 10.1 Å². The van der Waals surface area contributed by atoms with Crippen LogP contribution in [0.5, 0.6) is 11.5 Å². The molecule has 5 nitrogen and oxygen atoms in total. The van der Waals surface area contributed by atoms with Gasteiger partial charge in [0.1, 0.15) is 11.5 Å². The largest absolute Gasteiger partial charge is 0.508 e. The third kappa shape index (κ3) is 4.51. The summed E-state index contributed by atoms with van der Waals surface area (Å²) in [5, 5.41) is 12.3. The summed E-state index contributed by atoms with van der Waals surface area (Å²) in [6, 6.07) is 13.7. The van der Waals surface area contributed by atoms with Crippen LogP contribution in [0.3, 0.4) is 0 Å². The minimum Gasteiger partial charge on any atom is -0.508 e. The van der Waals surface area contributed by atoms with Gasteiger partial charge in [0, 0.05) is 11.9 Å². The van der Waals surface area contributed by atoms with E-state index >= 15 is 0 Å². The molecule has 0 heterocycles. The van der Waals surface area contributed by atoms with E-state index in [1.807, 2.05) is 0 Å². The molecular weight excluding hydrogens is 294 g/mol.